The Bertz CT molecular complexity index is 1270. The molecule has 35 heavy (non-hydrogen) atoms. The fourth-order valence-corrected chi connectivity index (χ4v) is 5.02. The Morgan fingerprint density at radius 1 is 1.09 bits per heavy atom. The average Bonchev–Trinajstić information content (AvgIpc) is 3.30. The number of carbonyl (C=O) groups excluding carboxylic acids is 2. The van der Waals surface area contributed by atoms with E-state index in [9.17, 15) is 18.0 Å². The lowest BCUT2D eigenvalue weighted by Crippen LogP contribution is -2.30. The molecular formula is C24H29N5O5S. The highest BCUT2D eigenvalue weighted by molar-refractivity contribution is 7.89. The maximum atomic E-state index is 12.7. The zero-order chi connectivity index (χ0) is 25.6. The number of amides is 1. The molecule has 0 radical (unpaired) electrons. The molecule has 2 aromatic heterocycles. The van der Waals surface area contributed by atoms with Crippen LogP contribution in [0.1, 0.15) is 49.7 Å². The maximum absolute atomic E-state index is 12.7. The lowest BCUT2D eigenvalue weighted by Gasteiger charge is -2.18. The van der Waals surface area contributed by atoms with Gasteiger partial charge in [0, 0.05) is 25.0 Å². The summed E-state index contributed by atoms with van der Waals surface area (Å²) in [7, 11) is -3.59. The van der Waals surface area contributed by atoms with E-state index in [-0.39, 0.29) is 16.4 Å². The number of rotatable bonds is 10. The first-order valence-corrected chi connectivity index (χ1v) is 12.7. The van der Waals surface area contributed by atoms with Gasteiger partial charge in [0.15, 0.2) is 12.4 Å². The van der Waals surface area contributed by atoms with E-state index in [1.54, 1.807) is 36.9 Å². The van der Waals surface area contributed by atoms with Crippen molar-refractivity contribution in [3.05, 3.63) is 66.1 Å². The molecule has 0 aliphatic heterocycles. The Labute approximate surface area is 205 Å². The van der Waals surface area contributed by atoms with Gasteiger partial charge in [-0.05, 0) is 42.3 Å². The van der Waals surface area contributed by atoms with Crippen LogP contribution in [-0.4, -0.2) is 59.1 Å². The number of aromatic nitrogens is 3. The smallest absolute Gasteiger partial charge is 0.342 e. The minimum Gasteiger partial charge on any atom is -0.452 e. The van der Waals surface area contributed by atoms with Gasteiger partial charge in [-0.3, -0.25) is 4.79 Å². The number of nitrogens with one attached hydrogen (secondary N) is 1. The summed E-state index contributed by atoms with van der Waals surface area (Å²) < 4.78 is 33.3. The highest BCUT2D eigenvalue weighted by Gasteiger charge is 2.24. The van der Waals surface area contributed by atoms with Crippen LogP contribution in [0, 0.1) is 0 Å². The van der Waals surface area contributed by atoms with Crippen LogP contribution in [0.4, 0.5) is 5.69 Å². The Morgan fingerprint density at radius 3 is 2.34 bits per heavy atom. The van der Waals surface area contributed by atoms with E-state index < -0.39 is 28.5 Å². The molecule has 1 aromatic carbocycles. The number of benzene rings is 1. The standard InChI is InChI=1S/C24H29N5O5S/c1-5-28(6-2)35(32,33)19-12-10-18(11-13-19)27-22(30)16-34-24(31)20-15-26-29(23(20)17(3)4)21-9-7-8-14-25-21/h7-15,17H,5-6,16H2,1-4H3,(H,27,30). The number of hydrogen-bond acceptors (Lipinski definition) is 7. The second-order valence-electron chi connectivity index (χ2n) is 7.94. The molecule has 186 valence electrons. The summed E-state index contributed by atoms with van der Waals surface area (Å²) in [5.41, 5.74) is 1.26. The van der Waals surface area contributed by atoms with Gasteiger partial charge in [-0.15, -0.1) is 0 Å². The molecule has 0 fully saturated rings. The number of anilines is 1. The van der Waals surface area contributed by atoms with Crippen molar-refractivity contribution >= 4 is 27.6 Å². The summed E-state index contributed by atoms with van der Waals surface area (Å²) in [5.74, 6) is -0.714. The van der Waals surface area contributed by atoms with E-state index >= 15 is 0 Å². The number of esters is 1. The first-order chi connectivity index (χ1) is 16.7. The summed E-state index contributed by atoms with van der Waals surface area (Å²) >= 11 is 0. The van der Waals surface area contributed by atoms with Crippen molar-refractivity contribution in [3.8, 4) is 5.82 Å². The molecule has 0 spiro atoms. The minimum absolute atomic E-state index is 0.0537. The second-order valence-corrected chi connectivity index (χ2v) is 9.87. The van der Waals surface area contributed by atoms with E-state index in [0.717, 1.165) is 0 Å². The Balaban J connectivity index is 1.65. The molecule has 0 saturated carbocycles. The maximum Gasteiger partial charge on any atom is 0.342 e. The molecule has 0 bridgehead atoms. The molecular weight excluding hydrogens is 470 g/mol. The van der Waals surface area contributed by atoms with Crippen LogP contribution in [0.15, 0.2) is 59.8 Å². The van der Waals surface area contributed by atoms with Crippen molar-refractivity contribution in [1.29, 1.82) is 0 Å². The average molecular weight is 500 g/mol. The highest BCUT2D eigenvalue weighted by Crippen LogP contribution is 2.23. The SMILES string of the molecule is CCN(CC)S(=O)(=O)c1ccc(NC(=O)COC(=O)c2cnn(-c3ccccn3)c2C(C)C)cc1. The summed E-state index contributed by atoms with van der Waals surface area (Å²) in [6.45, 7) is 7.60. The monoisotopic (exact) mass is 499 g/mol. The van der Waals surface area contributed by atoms with Gasteiger partial charge in [-0.1, -0.05) is 33.8 Å². The van der Waals surface area contributed by atoms with Crippen molar-refractivity contribution in [1.82, 2.24) is 19.1 Å². The molecule has 1 N–H and O–H groups in total. The van der Waals surface area contributed by atoms with Gasteiger partial charge < -0.3 is 10.1 Å². The van der Waals surface area contributed by atoms with Crippen LogP contribution in [0.2, 0.25) is 0 Å². The van der Waals surface area contributed by atoms with Gasteiger partial charge in [-0.25, -0.2) is 22.9 Å². The predicted molar refractivity (Wildman–Crippen MR) is 131 cm³/mol. The summed E-state index contributed by atoms with van der Waals surface area (Å²) in [4.78, 5) is 29.4. The van der Waals surface area contributed by atoms with Crippen molar-refractivity contribution in [3.63, 3.8) is 0 Å². The van der Waals surface area contributed by atoms with Crippen molar-refractivity contribution < 1.29 is 22.7 Å². The lowest BCUT2D eigenvalue weighted by atomic mass is 10.1. The van der Waals surface area contributed by atoms with Crippen LogP contribution in [-0.2, 0) is 19.6 Å². The van der Waals surface area contributed by atoms with E-state index in [0.29, 0.717) is 30.3 Å². The number of ether oxygens (including phenoxy) is 1. The third-order valence-electron chi connectivity index (χ3n) is 5.26. The first kappa shape index (κ1) is 26.0. The molecule has 11 heteroatoms. The zero-order valence-electron chi connectivity index (χ0n) is 20.1. The van der Waals surface area contributed by atoms with Crippen LogP contribution < -0.4 is 5.32 Å². The van der Waals surface area contributed by atoms with E-state index in [1.807, 2.05) is 19.9 Å². The highest BCUT2D eigenvalue weighted by atomic mass is 32.2. The minimum atomic E-state index is -3.59. The summed E-state index contributed by atoms with van der Waals surface area (Å²) in [5, 5.41) is 6.87. The zero-order valence-corrected chi connectivity index (χ0v) is 20.9. The number of carbonyl (C=O) groups is 2. The van der Waals surface area contributed by atoms with Crippen LogP contribution in [0.25, 0.3) is 5.82 Å². The Kier molecular flexibility index (Phi) is 8.36. The van der Waals surface area contributed by atoms with E-state index in [2.05, 4.69) is 15.4 Å². The van der Waals surface area contributed by atoms with Gasteiger partial charge in [0.25, 0.3) is 5.91 Å². The molecule has 0 unspecified atom stereocenters. The third kappa shape index (κ3) is 5.92. The number of pyridine rings is 1. The molecule has 1 amide bonds. The quantitative estimate of drug-likeness (QED) is 0.425. The van der Waals surface area contributed by atoms with Crippen molar-refractivity contribution in [2.24, 2.45) is 0 Å². The number of sulfonamides is 1. The van der Waals surface area contributed by atoms with Crippen LogP contribution in [0.3, 0.4) is 0 Å². The molecule has 0 aliphatic carbocycles. The van der Waals surface area contributed by atoms with Gasteiger partial charge in [0.1, 0.15) is 5.56 Å². The Hall–Kier alpha value is -3.57. The summed E-state index contributed by atoms with van der Waals surface area (Å²) in [6, 6.07) is 11.2. The first-order valence-electron chi connectivity index (χ1n) is 11.3. The number of hydrogen-bond donors (Lipinski definition) is 1. The third-order valence-corrected chi connectivity index (χ3v) is 7.32. The number of nitrogens with zero attached hydrogens (tertiary/aromatic N) is 4. The van der Waals surface area contributed by atoms with Gasteiger partial charge in [0.05, 0.1) is 16.8 Å². The van der Waals surface area contributed by atoms with Crippen LogP contribution in [0.5, 0.6) is 0 Å². The van der Waals surface area contributed by atoms with Gasteiger partial charge >= 0.3 is 5.97 Å². The normalized spacial score (nSPS) is 11.6. The molecule has 3 aromatic rings. The van der Waals surface area contributed by atoms with Crippen LogP contribution >= 0.6 is 0 Å². The molecule has 10 nitrogen and oxygen atoms in total. The molecule has 0 aliphatic rings. The molecule has 3 rings (SSSR count). The lowest BCUT2D eigenvalue weighted by molar-refractivity contribution is -0.119. The Morgan fingerprint density at radius 2 is 1.77 bits per heavy atom. The predicted octanol–water partition coefficient (Wildman–Crippen LogP) is 3.22. The summed E-state index contributed by atoms with van der Waals surface area (Å²) in [6.07, 6.45) is 3.04. The fraction of sp³-hybridized carbons (Fsp3) is 0.333. The fourth-order valence-electron chi connectivity index (χ4n) is 3.56. The largest absolute Gasteiger partial charge is 0.452 e. The topological polar surface area (TPSA) is 123 Å². The van der Waals surface area contributed by atoms with E-state index in [4.69, 9.17) is 4.74 Å². The van der Waals surface area contributed by atoms with Crippen molar-refractivity contribution in [2.45, 2.75) is 38.5 Å². The second kappa shape index (κ2) is 11.2. The van der Waals surface area contributed by atoms with E-state index in [1.165, 1.54) is 34.8 Å². The van der Waals surface area contributed by atoms with Gasteiger partial charge in [-0.2, -0.15) is 9.40 Å². The van der Waals surface area contributed by atoms with Gasteiger partial charge in [0.2, 0.25) is 10.0 Å². The molecule has 0 atom stereocenters. The molecule has 2 heterocycles. The molecule has 0 saturated heterocycles. The van der Waals surface area contributed by atoms with Crippen molar-refractivity contribution in [2.75, 3.05) is 25.0 Å².